The van der Waals surface area contributed by atoms with Crippen molar-refractivity contribution in [2.75, 3.05) is 7.11 Å². The zero-order chi connectivity index (χ0) is 18.2. The van der Waals surface area contributed by atoms with E-state index in [0.29, 0.717) is 18.7 Å². The van der Waals surface area contributed by atoms with Gasteiger partial charge < -0.3 is 14.8 Å². The Balaban J connectivity index is 0.00000261. The van der Waals surface area contributed by atoms with Crippen LogP contribution in [0, 0.1) is 5.82 Å². The van der Waals surface area contributed by atoms with Crippen molar-refractivity contribution >= 4 is 12.4 Å². The van der Waals surface area contributed by atoms with E-state index in [1.807, 2.05) is 54.6 Å². The van der Waals surface area contributed by atoms with Gasteiger partial charge in [0.25, 0.3) is 0 Å². The first-order valence-corrected chi connectivity index (χ1v) is 8.54. The predicted octanol–water partition coefficient (Wildman–Crippen LogP) is 5.12. The summed E-state index contributed by atoms with van der Waals surface area (Å²) < 4.78 is 25.0. The van der Waals surface area contributed by atoms with Gasteiger partial charge in [-0.25, -0.2) is 4.39 Å². The van der Waals surface area contributed by atoms with E-state index in [2.05, 4.69) is 5.32 Å². The Bertz CT molecular complexity index is 857. The van der Waals surface area contributed by atoms with Crippen LogP contribution < -0.4 is 14.8 Å². The van der Waals surface area contributed by atoms with Gasteiger partial charge in [-0.1, -0.05) is 54.6 Å². The molecule has 0 aliphatic carbocycles. The van der Waals surface area contributed by atoms with Crippen molar-refractivity contribution in [3.8, 4) is 11.5 Å². The molecule has 0 atom stereocenters. The summed E-state index contributed by atoms with van der Waals surface area (Å²) in [5, 5.41) is 3.41. The van der Waals surface area contributed by atoms with E-state index in [1.165, 1.54) is 6.07 Å². The fourth-order valence-electron chi connectivity index (χ4n) is 2.74. The van der Waals surface area contributed by atoms with Crippen molar-refractivity contribution in [1.29, 1.82) is 0 Å². The van der Waals surface area contributed by atoms with Crippen molar-refractivity contribution in [1.82, 2.24) is 5.32 Å². The first kappa shape index (κ1) is 20.7. The Hall–Kier alpha value is -2.56. The predicted molar refractivity (Wildman–Crippen MR) is 108 cm³/mol. The molecule has 0 spiro atoms. The van der Waals surface area contributed by atoms with Crippen molar-refractivity contribution in [2.24, 2.45) is 0 Å². The van der Waals surface area contributed by atoms with Gasteiger partial charge >= 0.3 is 0 Å². The Kier molecular flexibility index (Phi) is 8.11. The number of hydrogen-bond acceptors (Lipinski definition) is 3. The highest BCUT2D eigenvalue weighted by molar-refractivity contribution is 5.85. The highest BCUT2D eigenvalue weighted by atomic mass is 35.5. The van der Waals surface area contributed by atoms with E-state index >= 15 is 0 Å². The van der Waals surface area contributed by atoms with Crippen LogP contribution in [-0.2, 0) is 19.7 Å². The van der Waals surface area contributed by atoms with Gasteiger partial charge in [0.1, 0.15) is 23.9 Å². The average molecular weight is 388 g/mol. The Morgan fingerprint density at radius 1 is 0.741 bits per heavy atom. The molecule has 3 nitrogen and oxygen atoms in total. The van der Waals surface area contributed by atoms with Crippen molar-refractivity contribution in [3.05, 3.63) is 95.3 Å². The highest BCUT2D eigenvalue weighted by Gasteiger charge is 2.07. The number of hydrogen-bond donors (Lipinski definition) is 1. The molecule has 0 aliphatic rings. The first-order chi connectivity index (χ1) is 12.8. The fraction of sp³-hybridized carbons (Fsp3) is 0.182. The third-order valence-corrected chi connectivity index (χ3v) is 4.14. The Labute approximate surface area is 165 Å². The molecule has 0 saturated heterocycles. The normalized spacial score (nSPS) is 10.1. The summed E-state index contributed by atoms with van der Waals surface area (Å²) in [6.07, 6.45) is 0. The van der Waals surface area contributed by atoms with Gasteiger partial charge in [0, 0.05) is 29.8 Å². The molecule has 0 bridgehead atoms. The van der Waals surface area contributed by atoms with Crippen LogP contribution in [0.2, 0.25) is 0 Å². The van der Waals surface area contributed by atoms with Crippen LogP contribution in [0.5, 0.6) is 11.5 Å². The molecule has 3 aromatic carbocycles. The topological polar surface area (TPSA) is 30.5 Å². The fourth-order valence-corrected chi connectivity index (χ4v) is 2.74. The summed E-state index contributed by atoms with van der Waals surface area (Å²) in [6.45, 7) is 1.54. The maximum Gasteiger partial charge on any atom is 0.129 e. The molecule has 0 saturated carbocycles. The van der Waals surface area contributed by atoms with Crippen LogP contribution in [0.15, 0.2) is 72.8 Å². The molecule has 1 N–H and O–H groups in total. The summed E-state index contributed by atoms with van der Waals surface area (Å²) in [5.74, 6) is 1.37. The van der Waals surface area contributed by atoms with Crippen molar-refractivity contribution in [3.63, 3.8) is 0 Å². The van der Waals surface area contributed by atoms with Crippen molar-refractivity contribution < 1.29 is 13.9 Å². The van der Waals surface area contributed by atoms with E-state index < -0.39 is 0 Å². The molecule has 0 aromatic heterocycles. The standard InChI is InChI=1S/C22H22FNO2.ClH/c1-25-21-12-6-3-8-17(21)14-24-15-18-9-4-7-13-22(18)26-16-19-10-2-5-11-20(19)23;/h2-13,24H,14-16H2,1H3;1H. The van der Waals surface area contributed by atoms with Gasteiger partial charge in [0.15, 0.2) is 0 Å². The minimum absolute atomic E-state index is 0. The maximum atomic E-state index is 13.8. The van der Waals surface area contributed by atoms with E-state index in [9.17, 15) is 4.39 Å². The van der Waals surface area contributed by atoms with Gasteiger partial charge in [-0.3, -0.25) is 0 Å². The molecule has 0 radical (unpaired) electrons. The van der Waals surface area contributed by atoms with Gasteiger partial charge in [-0.05, 0) is 18.2 Å². The third kappa shape index (κ3) is 5.71. The minimum Gasteiger partial charge on any atom is -0.496 e. The van der Waals surface area contributed by atoms with E-state index in [-0.39, 0.29) is 24.8 Å². The molecule has 0 amide bonds. The van der Waals surface area contributed by atoms with Gasteiger partial charge in [-0.2, -0.15) is 0 Å². The second-order valence-corrected chi connectivity index (χ2v) is 5.90. The number of nitrogens with one attached hydrogen (secondary N) is 1. The lowest BCUT2D eigenvalue weighted by Gasteiger charge is -2.13. The molecule has 0 heterocycles. The zero-order valence-electron chi connectivity index (χ0n) is 15.2. The summed E-state index contributed by atoms with van der Waals surface area (Å²) in [7, 11) is 1.67. The number of halogens is 2. The van der Waals surface area contributed by atoms with E-state index in [4.69, 9.17) is 9.47 Å². The molecule has 27 heavy (non-hydrogen) atoms. The molecular weight excluding hydrogens is 365 g/mol. The number of methoxy groups -OCH3 is 1. The zero-order valence-corrected chi connectivity index (χ0v) is 16.0. The van der Waals surface area contributed by atoms with Gasteiger partial charge in [0.2, 0.25) is 0 Å². The number of rotatable bonds is 8. The number of para-hydroxylation sites is 2. The lowest BCUT2D eigenvalue weighted by molar-refractivity contribution is 0.296. The number of ether oxygens (including phenoxy) is 2. The third-order valence-electron chi connectivity index (χ3n) is 4.14. The molecular formula is C22H23ClFNO2. The van der Waals surface area contributed by atoms with Crippen molar-refractivity contribution in [2.45, 2.75) is 19.7 Å². The maximum absolute atomic E-state index is 13.8. The van der Waals surface area contributed by atoms with Crippen LogP contribution in [0.1, 0.15) is 16.7 Å². The monoisotopic (exact) mass is 387 g/mol. The number of benzene rings is 3. The second kappa shape index (κ2) is 10.6. The molecule has 5 heteroatoms. The average Bonchev–Trinajstić information content (AvgIpc) is 2.68. The summed E-state index contributed by atoms with van der Waals surface area (Å²) in [6, 6.07) is 22.4. The molecule has 142 valence electrons. The SMILES string of the molecule is COc1ccccc1CNCc1ccccc1OCc1ccccc1F.Cl. The Morgan fingerprint density at radius 2 is 1.26 bits per heavy atom. The highest BCUT2D eigenvalue weighted by Crippen LogP contribution is 2.21. The largest absolute Gasteiger partial charge is 0.496 e. The molecule has 0 unspecified atom stereocenters. The minimum atomic E-state index is -0.251. The lowest BCUT2D eigenvalue weighted by Crippen LogP contribution is -2.14. The Morgan fingerprint density at radius 3 is 1.89 bits per heavy atom. The smallest absolute Gasteiger partial charge is 0.129 e. The first-order valence-electron chi connectivity index (χ1n) is 8.54. The molecule has 0 aliphatic heterocycles. The molecule has 3 rings (SSSR count). The van der Waals surface area contributed by atoms with Gasteiger partial charge in [0.05, 0.1) is 7.11 Å². The van der Waals surface area contributed by atoms with Crippen LogP contribution in [-0.4, -0.2) is 7.11 Å². The second-order valence-electron chi connectivity index (χ2n) is 5.90. The van der Waals surface area contributed by atoms with Crippen LogP contribution in [0.4, 0.5) is 4.39 Å². The summed E-state index contributed by atoms with van der Waals surface area (Å²) in [4.78, 5) is 0. The van der Waals surface area contributed by atoms with E-state index in [1.54, 1.807) is 19.2 Å². The van der Waals surface area contributed by atoms with Gasteiger partial charge in [-0.15, -0.1) is 12.4 Å². The summed E-state index contributed by atoms with van der Waals surface area (Å²) >= 11 is 0. The van der Waals surface area contributed by atoms with Crippen LogP contribution in [0.3, 0.4) is 0 Å². The summed E-state index contributed by atoms with van der Waals surface area (Å²) in [5.41, 5.74) is 2.67. The van der Waals surface area contributed by atoms with Crippen LogP contribution >= 0.6 is 12.4 Å². The van der Waals surface area contributed by atoms with Crippen LogP contribution in [0.25, 0.3) is 0 Å². The quantitative estimate of drug-likeness (QED) is 0.581. The van der Waals surface area contributed by atoms with E-state index in [0.717, 1.165) is 22.6 Å². The molecule has 3 aromatic rings. The molecule has 0 fully saturated rings. The lowest BCUT2D eigenvalue weighted by atomic mass is 10.1.